The molecule has 1 heterocycles. The van der Waals surface area contributed by atoms with Crippen LogP contribution in [-0.4, -0.2) is 18.2 Å². The van der Waals surface area contributed by atoms with E-state index in [4.69, 9.17) is 4.42 Å². The van der Waals surface area contributed by atoms with Crippen LogP contribution in [0.1, 0.15) is 68.7 Å². The van der Waals surface area contributed by atoms with Gasteiger partial charge in [0.2, 0.25) is 11.6 Å². The zero-order valence-corrected chi connectivity index (χ0v) is 15.3. The lowest BCUT2D eigenvalue weighted by atomic mass is 9.80. The van der Waals surface area contributed by atoms with Gasteiger partial charge >= 0.3 is 0 Å². The van der Waals surface area contributed by atoms with Crippen LogP contribution in [0, 0.1) is 11.3 Å². The van der Waals surface area contributed by atoms with Crippen molar-refractivity contribution < 1.29 is 4.42 Å². The van der Waals surface area contributed by atoms with Crippen molar-refractivity contribution in [2.45, 2.75) is 51.4 Å². The van der Waals surface area contributed by atoms with Crippen LogP contribution < -0.4 is 5.01 Å². The third kappa shape index (κ3) is 3.74. The van der Waals surface area contributed by atoms with Gasteiger partial charge in [-0.15, -0.1) is 0 Å². The molecule has 1 fully saturated rings. The maximum Gasteiger partial charge on any atom is 0.254 e. The fourth-order valence-electron chi connectivity index (χ4n) is 2.73. The van der Waals surface area contributed by atoms with Crippen LogP contribution in [0.25, 0.3) is 0 Å². The first kappa shape index (κ1) is 17.2. The normalized spacial score (nSPS) is 15.2. The number of oxazole rings is 1. The maximum atomic E-state index is 9.29. The van der Waals surface area contributed by atoms with Crippen LogP contribution >= 0.6 is 0 Å². The fraction of sp³-hybridized carbons (Fsp3) is 0.450. The highest BCUT2D eigenvalue weighted by Crippen LogP contribution is 2.36. The van der Waals surface area contributed by atoms with E-state index in [2.05, 4.69) is 40.4 Å². The number of hydrazone groups is 1. The summed E-state index contributed by atoms with van der Waals surface area (Å²) in [6.07, 6.45) is 5.71. The van der Waals surface area contributed by atoms with Gasteiger partial charge in [-0.1, -0.05) is 51.5 Å². The fourth-order valence-corrected chi connectivity index (χ4v) is 2.73. The Morgan fingerprint density at radius 2 is 1.96 bits per heavy atom. The van der Waals surface area contributed by atoms with Crippen molar-refractivity contribution in [2.24, 2.45) is 5.10 Å². The van der Waals surface area contributed by atoms with Crippen molar-refractivity contribution in [3.8, 4) is 6.07 Å². The number of benzene rings is 1. The van der Waals surface area contributed by atoms with E-state index in [0.29, 0.717) is 11.8 Å². The topological polar surface area (TPSA) is 65.4 Å². The van der Waals surface area contributed by atoms with E-state index < -0.39 is 0 Å². The molecule has 2 aromatic rings. The second-order valence-corrected chi connectivity index (χ2v) is 7.60. The number of rotatable bonds is 4. The van der Waals surface area contributed by atoms with Crippen molar-refractivity contribution >= 4 is 12.1 Å². The highest BCUT2D eigenvalue weighted by Gasteiger charge is 2.25. The van der Waals surface area contributed by atoms with E-state index in [1.54, 1.807) is 18.3 Å². The number of anilines is 1. The number of hydrogen-bond donors (Lipinski definition) is 0. The molecule has 1 aromatic heterocycles. The summed E-state index contributed by atoms with van der Waals surface area (Å²) in [6, 6.07) is 10.6. The minimum Gasteiger partial charge on any atom is -0.421 e. The molecule has 0 aliphatic heterocycles. The molecule has 0 atom stereocenters. The molecule has 0 N–H and O–H groups in total. The van der Waals surface area contributed by atoms with Gasteiger partial charge < -0.3 is 4.42 Å². The van der Waals surface area contributed by atoms with Gasteiger partial charge in [-0.25, -0.2) is 5.01 Å². The highest BCUT2D eigenvalue weighted by molar-refractivity contribution is 5.80. The second-order valence-electron chi connectivity index (χ2n) is 7.60. The van der Waals surface area contributed by atoms with Crippen LogP contribution in [0.4, 0.5) is 5.88 Å². The monoisotopic (exact) mass is 336 g/mol. The van der Waals surface area contributed by atoms with Crippen molar-refractivity contribution in [1.82, 2.24) is 4.98 Å². The Morgan fingerprint density at radius 1 is 1.28 bits per heavy atom. The first-order chi connectivity index (χ1) is 11.9. The number of nitriles is 1. The molecule has 130 valence electrons. The Bertz CT molecular complexity index is 802. The molecule has 1 aliphatic carbocycles. The van der Waals surface area contributed by atoms with Crippen molar-refractivity contribution in [1.29, 1.82) is 5.26 Å². The minimum absolute atomic E-state index is 0.255. The summed E-state index contributed by atoms with van der Waals surface area (Å²) in [5.41, 5.74) is 2.42. The lowest BCUT2D eigenvalue weighted by molar-refractivity contribution is 0.394. The first-order valence-corrected chi connectivity index (χ1v) is 8.67. The zero-order valence-electron chi connectivity index (χ0n) is 15.3. The average Bonchev–Trinajstić information content (AvgIpc) is 2.97. The molecule has 1 aliphatic rings. The maximum absolute atomic E-state index is 9.29. The van der Waals surface area contributed by atoms with E-state index in [1.165, 1.54) is 24.8 Å². The Morgan fingerprint density at radius 3 is 2.48 bits per heavy atom. The van der Waals surface area contributed by atoms with E-state index in [0.717, 1.165) is 11.5 Å². The molecule has 25 heavy (non-hydrogen) atoms. The molecule has 5 heteroatoms. The molecule has 5 nitrogen and oxygen atoms in total. The summed E-state index contributed by atoms with van der Waals surface area (Å²) in [6.45, 7) is 5.99. The molecular weight excluding hydrogens is 312 g/mol. The van der Waals surface area contributed by atoms with Crippen LogP contribution in [0.15, 0.2) is 33.8 Å². The van der Waals surface area contributed by atoms with Gasteiger partial charge in [0, 0.05) is 12.5 Å². The summed E-state index contributed by atoms with van der Waals surface area (Å²) in [5, 5.41) is 15.2. The van der Waals surface area contributed by atoms with Crippen LogP contribution in [0.2, 0.25) is 0 Å². The van der Waals surface area contributed by atoms with Gasteiger partial charge in [-0.05, 0) is 29.9 Å². The van der Waals surface area contributed by atoms with Gasteiger partial charge in [-0.2, -0.15) is 15.3 Å². The Balaban J connectivity index is 1.75. The Kier molecular flexibility index (Phi) is 4.63. The molecule has 0 unspecified atom stereocenters. The van der Waals surface area contributed by atoms with E-state index >= 15 is 0 Å². The summed E-state index contributed by atoms with van der Waals surface area (Å²) >= 11 is 0. The molecule has 1 aromatic carbocycles. The number of nitrogens with zero attached hydrogens (tertiary/aromatic N) is 4. The largest absolute Gasteiger partial charge is 0.421 e. The number of aromatic nitrogens is 1. The molecule has 0 spiro atoms. The standard InChI is InChI=1S/C20H24N4O/c1-20(2,3)19-23-17(12-21)18(25-19)24(4)22-13-14-8-10-16(11-9-14)15-6-5-7-15/h8-11,13,15H,5-7H2,1-4H3. The number of hydrogen-bond acceptors (Lipinski definition) is 5. The minimum atomic E-state index is -0.258. The molecule has 0 radical (unpaired) electrons. The predicted octanol–water partition coefficient (Wildman–Crippen LogP) is 4.58. The molecule has 3 rings (SSSR count). The van der Waals surface area contributed by atoms with Crippen LogP contribution in [0.3, 0.4) is 0 Å². The highest BCUT2D eigenvalue weighted by atomic mass is 16.4. The van der Waals surface area contributed by atoms with Gasteiger partial charge in [0.15, 0.2) is 0 Å². The van der Waals surface area contributed by atoms with Crippen molar-refractivity contribution in [3.05, 3.63) is 47.0 Å². The lowest BCUT2D eigenvalue weighted by Gasteiger charge is -2.25. The predicted molar refractivity (Wildman–Crippen MR) is 98.9 cm³/mol. The third-order valence-electron chi connectivity index (χ3n) is 4.54. The second kappa shape index (κ2) is 6.72. The Labute approximate surface area is 149 Å². The lowest BCUT2D eigenvalue weighted by Crippen LogP contribution is -2.11. The van der Waals surface area contributed by atoms with Crippen molar-refractivity contribution in [3.63, 3.8) is 0 Å². The zero-order chi connectivity index (χ0) is 18.0. The van der Waals surface area contributed by atoms with Crippen LogP contribution in [0.5, 0.6) is 0 Å². The van der Waals surface area contributed by atoms with Crippen LogP contribution in [-0.2, 0) is 5.41 Å². The van der Waals surface area contributed by atoms with Gasteiger partial charge in [-0.3, -0.25) is 0 Å². The first-order valence-electron chi connectivity index (χ1n) is 8.67. The van der Waals surface area contributed by atoms with Gasteiger partial charge in [0.1, 0.15) is 6.07 Å². The smallest absolute Gasteiger partial charge is 0.254 e. The van der Waals surface area contributed by atoms with Gasteiger partial charge in [0.25, 0.3) is 5.88 Å². The molecule has 0 amide bonds. The van der Waals surface area contributed by atoms with Gasteiger partial charge in [0.05, 0.1) is 6.21 Å². The van der Waals surface area contributed by atoms with E-state index in [1.807, 2.05) is 20.8 Å². The molecule has 0 saturated heterocycles. The quantitative estimate of drug-likeness (QED) is 0.605. The van der Waals surface area contributed by atoms with Crippen molar-refractivity contribution in [2.75, 3.05) is 12.1 Å². The van der Waals surface area contributed by atoms with E-state index in [9.17, 15) is 5.26 Å². The summed E-state index contributed by atoms with van der Waals surface area (Å²) < 4.78 is 5.77. The summed E-state index contributed by atoms with van der Waals surface area (Å²) in [7, 11) is 1.76. The average molecular weight is 336 g/mol. The molecule has 1 saturated carbocycles. The molecular formula is C20H24N4O. The summed E-state index contributed by atoms with van der Waals surface area (Å²) in [5.74, 6) is 1.64. The molecule has 0 bridgehead atoms. The van der Waals surface area contributed by atoms with E-state index in [-0.39, 0.29) is 11.1 Å². The Hall–Kier alpha value is -2.61. The third-order valence-corrected chi connectivity index (χ3v) is 4.54. The summed E-state index contributed by atoms with van der Waals surface area (Å²) in [4.78, 5) is 4.28. The SMILES string of the molecule is CN(N=Cc1ccc(C2CCC2)cc1)c1oc(C(C)(C)C)nc1C#N.